The first-order valence-electron chi connectivity index (χ1n) is 8.24. The number of amides is 1. The van der Waals surface area contributed by atoms with Crippen molar-refractivity contribution in [2.75, 3.05) is 18.9 Å². The zero-order valence-electron chi connectivity index (χ0n) is 13.9. The summed E-state index contributed by atoms with van der Waals surface area (Å²) in [4.78, 5) is 14.4. The minimum absolute atomic E-state index is 0.152. The molecule has 1 aromatic rings. The maximum absolute atomic E-state index is 13.8. The Hall–Kier alpha value is -1.42. The summed E-state index contributed by atoms with van der Waals surface area (Å²) in [5.41, 5.74) is 1.10. The van der Waals surface area contributed by atoms with Gasteiger partial charge in [0.05, 0.1) is 11.7 Å². The van der Waals surface area contributed by atoms with E-state index in [0.717, 1.165) is 12.1 Å². The molecule has 0 saturated heterocycles. The van der Waals surface area contributed by atoms with Gasteiger partial charge in [-0.25, -0.2) is 4.39 Å². The zero-order valence-corrected chi connectivity index (χ0v) is 13.9. The molecule has 1 fully saturated rings. The summed E-state index contributed by atoms with van der Waals surface area (Å²) < 4.78 is 13.8. The van der Waals surface area contributed by atoms with Crippen molar-refractivity contribution in [3.63, 3.8) is 0 Å². The predicted molar refractivity (Wildman–Crippen MR) is 88.4 cm³/mol. The molecule has 1 aliphatic carbocycles. The van der Waals surface area contributed by atoms with Crippen molar-refractivity contribution >= 4 is 11.6 Å². The number of anilines is 1. The first kappa shape index (κ1) is 16.9. The second kappa shape index (κ2) is 7.73. The fourth-order valence-corrected chi connectivity index (χ4v) is 3.09. The summed E-state index contributed by atoms with van der Waals surface area (Å²) in [6, 6.07) is 4.60. The minimum atomic E-state index is -0.379. The number of nitrogens with one attached hydrogen (secondary N) is 1. The molecule has 4 heteroatoms. The van der Waals surface area contributed by atoms with E-state index in [0.29, 0.717) is 5.92 Å². The Bertz CT molecular complexity index is 512. The Morgan fingerprint density at radius 1 is 1.36 bits per heavy atom. The number of carbonyl (C=O) groups is 1. The van der Waals surface area contributed by atoms with Gasteiger partial charge in [0.15, 0.2) is 0 Å². The van der Waals surface area contributed by atoms with Crippen LogP contribution in [0.15, 0.2) is 18.2 Å². The average Bonchev–Trinajstić information content (AvgIpc) is 2.50. The highest BCUT2D eigenvalue weighted by Gasteiger charge is 2.23. The molecule has 22 heavy (non-hydrogen) atoms. The van der Waals surface area contributed by atoms with Gasteiger partial charge in [0.2, 0.25) is 5.91 Å². The molecular weight excluding hydrogens is 279 g/mol. The lowest BCUT2D eigenvalue weighted by Crippen LogP contribution is -2.42. The molecule has 1 N–H and O–H groups in total. The van der Waals surface area contributed by atoms with Crippen LogP contribution >= 0.6 is 0 Å². The van der Waals surface area contributed by atoms with Crippen LogP contribution in [0.2, 0.25) is 0 Å². The highest BCUT2D eigenvalue weighted by atomic mass is 19.1. The molecular formula is C18H27FN2O. The topological polar surface area (TPSA) is 32.3 Å². The van der Waals surface area contributed by atoms with Gasteiger partial charge >= 0.3 is 0 Å². The maximum atomic E-state index is 13.8. The van der Waals surface area contributed by atoms with Crippen LogP contribution in [-0.2, 0) is 4.79 Å². The number of likely N-dealkylation sites (N-methyl/N-ethyl adjacent to an activating group) is 1. The van der Waals surface area contributed by atoms with Crippen molar-refractivity contribution in [3.05, 3.63) is 29.6 Å². The Morgan fingerprint density at radius 3 is 2.68 bits per heavy atom. The number of benzene rings is 1. The van der Waals surface area contributed by atoms with E-state index in [2.05, 4.69) is 10.2 Å². The van der Waals surface area contributed by atoms with Crippen molar-refractivity contribution in [1.29, 1.82) is 0 Å². The largest absolute Gasteiger partial charge is 0.322 e. The van der Waals surface area contributed by atoms with Crippen LogP contribution in [0.3, 0.4) is 0 Å². The van der Waals surface area contributed by atoms with Gasteiger partial charge in [-0.1, -0.05) is 25.3 Å². The van der Waals surface area contributed by atoms with Crippen LogP contribution in [-0.4, -0.2) is 30.4 Å². The second-order valence-electron chi connectivity index (χ2n) is 6.59. The summed E-state index contributed by atoms with van der Waals surface area (Å²) >= 11 is 0. The number of nitrogens with zero attached hydrogens (tertiary/aromatic N) is 1. The zero-order chi connectivity index (χ0) is 16.1. The van der Waals surface area contributed by atoms with Gasteiger partial charge in [0.1, 0.15) is 5.82 Å². The summed E-state index contributed by atoms with van der Waals surface area (Å²) in [6.45, 7) is 4.64. The van der Waals surface area contributed by atoms with Crippen LogP contribution in [0, 0.1) is 18.7 Å². The number of hydrogen-bond acceptors (Lipinski definition) is 2. The fraction of sp³-hybridized carbons (Fsp3) is 0.611. The lowest BCUT2D eigenvalue weighted by molar-refractivity contribution is -0.120. The summed E-state index contributed by atoms with van der Waals surface area (Å²) in [7, 11) is 1.98. The first-order valence-corrected chi connectivity index (χ1v) is 8.24. The third-order valence-electron chi connectivity index (χ3n) is 4.69. The van der Waals surface area contributed by atoms with Crippen molar-refractivity contribution in [2.24, 2.45) is 5.92 Å². The smallest absolute Gasteiger partial charge is 0.241 e. The van der Waals surface area contributed by atoms with Crippen molar-refractivity contribution in [2.45, 2.75) is 52.0 Å². The summed E-state index contributed by atoms with van der Waals surface area (Å²) in [5, 5.41) is 2.70. The van der Waals surface area contributed by atoms with E-state index >= 15 is 0 Å². The van der Waals surface area contributed by atoms with Crippen LogP contribution in [0.5, 0.6) is 0 Å². The standard InChI is InChI=1S/C18H27FN2O/c1-13-9-10-17(16(19)11-13)20-18(22)14(2)21(3)12-15-7-5-4-6-8-15/h9-11,14-15H,4-8,12H2,1-3H3,(H,20,22). The van der Waals surface area contributed by atoms with Crippen LogP contribution in [0.4, 0.5) is 10.1 Å². The Kier molecular flexibility index (Phi) is 5.95. The molecule has 0 bridgehead atoms. The Balaban J connectivity index is 1.90. The van der Waals surface area contributed by atoms with E-state index in [9.17, 15) is 9.18 Å². The molecule has 3 nitrogen and oxygen atoms in total. The number of aryl methyl sites for hydroxylation is 1. The average molecular weight is 306 g/mol. The Labute approximate surface area is 132 Å². The van der Waals surface area contributed by atoms with E-state index in [-0.39, 0.29) is 23.5 Å². The van der Waals surface area contributed by atoms with Gasteiger partial charge < -0.3 is 5.32 Å². The van der Waals surface area contributed by atoms with Gasteiger partial charge in [-0.05, 0) is 57.4 Å². The molecule has 0 aliphatic heterocycles. The molecule has 122 valence electrons. The Morgan fingerprint density at radius 2 is 2.05 bits per heavy atom. The lowest BCUT2D eigenvalue weighted by Gasteiger charge is -2.30. The molecule has 0 spiro atoms. The summed E-state index contributed by atoms with van der Waals surface area (Å²) in [5.74, 6) is 0.154. The van der Waals surface area contributed by atoms with Crippen LogP contribution < -0.4 is 5.32 Å². The van der Waals surface area contributed by atoms with Gasteiger partial charge in [0.25, 0.3) is 0 Å². The van der Waals surface area contributed by atoms with Gasteiger partial charge in [0, 0.05) is 6.54 Å². The van der Waals surface area contributed by atoms with Crippen molar-refractivity contribution in [3.8, 4) is 0 Å². The van der Waals surface area contributed by atoms with Crippen LogP contribution in [0.25, 0.3) is 0 Å². The predicted octanol–water partition coefficient (Wildman–Crippen LogP) is 3.97. The second-order valence-corrected chi connectivity index (χ2v) is 6.59. The highest BCUT2D eigenvalue weighted by Crippen LogP contribution is 2.24. The normalized spacial score (nSPS) is 17.5. The van der Waals surface area contributed by atoms with Gasteiger partial charge in [-0.2, -0.15) is 0 Å². The molecule has 1 unspecified atom stereocenters. The molecule has 1 aromatic carbocycles. The molecule has 2 rings (SSSR count). The summed E-state index contributed by atoms with van der Waals surface area (Å²) in [6.07, 6.45) is 6.45. The number of hydrogen-bond donors (Lipinski definition) is 1. The fourth-order valence-electron chi connectivity index (χ4n) is 3.09. The van der Waals surface area contributed by atoms with Crippen LogP contribution in [0.1, 0.15) is 44.6 Å². The van der Waals surface area contributed by atoms with Crippen molar-refractivity contribution < 1.29 is 9.18 Å². The number of halogens is 1. The molecule has 0 aromatic heterocycles. The monoisotopic (exact) mass is 306 g/mol. The third-order valence-corrected chi connectivity index (χ3v) is 4.69. The quantitative estimate of drug-likeness (QED) is 0.892. The number of rotatable bonds is 5. The van der Waals surface area contributed by atoms with E-state index in [1.807, 2.05) is 20.9 Å². The highest BCUT2D eigenvalue weighted by molar-refractivity contribution is 5.94. The maximum Gasteiger partial charge on any atom is 0.241 e. The SMILES string of the molecule is Cc1ccc(NC(=O)C(C)N(C)CC2CCCCC2)c(F)c1. The first-order chi connectivity index (χ1) is 10.5. The lowest BCUT2D eigenvalue weighted by atomic mass is 9.89. The molecule has 1 atom stereocenters. The minimum Gasteiger partial charge on any atom is -0.322 e. The molecule has 0 radical (unpaired) electrons. The van der Waals surface area contributed by atoms with Gasteiger partial charge in [-0.15, -0.1) is 0 Å². The van der Waals surface area contributed by atoms with Gasteiger partial charge in [-0.3, -0.25) is 9.69 Å². The molecule has 1 aliphatic rings. The molecule has 1 amide bonds. The van der Waals surface area contributed by atoms with E-state index in [1.54, 1.807) is 12.1 Å². The number of carbonyl (C=O) groups excluding carboxylic acids is 1. The molecule has 0 heterocycles. The van der Waals surface area contributed by atoms with E-state index < -0.39 is 0 Å². The van der Waals surface area contributed by atoms with Crippen molar-refractivity contribution in [1.82, 2.24) is 4.90 Å². The van der Waals surface area contributed by atoms with E-state index in [4.69, 9.17) is 0 Å². The molecule has 1 saturated carbocycles. The van der Waals surface area contributed by atoms with E-state index in [1.165, 1.54) is 38.2 Å². The third kappa shape index (κ3) is 4.54.